The lowest BCUT2D eigenvalue weighted by atomic mass is 10.1. The van der Waals surface area contributed by atoms with Gasteiger partial charge in [-0.1, -0.05) is 68.4 Å². The predicted molar refractivity (Wildman–Crippen MR) is 122 cm³/mol. The monoisotopic (exact) mass is 410 g/mol. The van der Waals surface area contributed by atoms with Gasteiger partial charge in [-0.25, -0.2) is 4.68 Å². The van der Waals surface area contributed by atoms with Crippen LogP contribution < -0.4 is 17.0 Å². The Bertz CT molecular complexity index is 919. The van der Waals surface area contributed by atoms with Crippen LogP contribution >= 0.6 is 11.6 Å². The van der Waals surface area contributed by atoms with E-state index >= 15 is 0 Å². The molecule has 3 rings (SSSR count). The Kier molecular flexibility index (Phi) is 10.7. The van der Waals surface area contributed by atoms with E-state index in [1.807, 2.05) is 36.4 Å². The number of hydrogen-bond acceptors (Lipinski definition) is 5. The third kappa shape index (κ3) is 7.70. The fourth-order valence-electron chi connectivity index (χ4n) is 2.50. The van der Waals surface area contributed by atoms with Crippen LogP contribution in [0.25, 0.3) is 5.69 Å². The van der Waals surface area contributed by atoms with Crippen LogP contribution in [0.4, 0.5) is 11.5 Å². The van der Waals surface area contributed by atoms with Crippen molar-refractivity contribution in [2.75, 3.05) is 11.2 Å². The number of hydrazine groups is 1. The van der Waals surface area contributed by atoms with Crippen LogP contribution in [0.2, 0.25) is 0 Å². The van der Waals surface area contributed by atoms with Crippen LogP contribution in [-0.4, -0.2) is 9.78 Å². The van der Waals surface area contributed by atoms with Crippen molar-refractivity contribution in [3.8, 4) is 11.8 Å². The van der Waals surface area contributed by atoms with Gasteiger partial charge in [0.1, 0.15) is 16.9 Å². The van der Waals surface area contributed by atoms with Crippen LogP contribution in [-0.2, 0) is 12.8 Å². The number of nitrogen functional groups attached to an aromatic ring is 2. The van der Waals surface area contributed by atoms with Gasteiger partial charge in [-0.3, -0.25) is 5.84 Å². The molecular weight excluding hydrogens is 384 g/mol. The third-order valence-corrected chi connectivity index (χ3v) is 4.03. The molecule has 0 atom stereocenters. The minimum absolute atomic E-state index is 0.0324. The molecule has 0 fully saturated rings. The van der Waals surface area contributed by atoms with Crippen molar-refractivity contribution >= 4 is 23.1 Å². The molecule has 1 aromatic heterocycles. The molecule has 29 heavy (non-hydrogen) atoms. The van der Waals surface area contributed by atoms with E-state index in [-0.39, 0.29) is 5.03 Å². The first-order valence-electron chi connectivity index (χ1n) is 9.15. The number of para-hydroxylation sites is 2. The van der Waals surface area contributed by atoms with E-state index < -0.39 is 0 Å². The quantitative estimate of drug-likeness (QED) is 0.325. The van der Waals surface area contributed by atoms with Crippen LogP contribution in [0.3, 0.4) is 0 Å². The van der Waals surface area contributed by atoms with Gasteiger partial charge < -0.3 is 11.2 Å². The number of anilines is 2. The molecule has 0 spiro atoms. The first kappa shape index (κ1) is 23.8. The van der Waals surface area contributed by atoms with Gasteiger partial charge in [-0.2, -0.15) is 10.4 Å². The second-order valence-corrected chi connectivity index (χ2v) is 6.28. The molecule has 0 aliphatic carbocycles. The van der Waals surface area contributed by atoms with Crippen molar-refractivity contribution in [2.45, 2.75) is 26.7 Å². The SMILES string of the molecule is C=C(Cl)C#N.CCc1ccccc1-n1nccc1N.CCc1ccccc1NN. The number of aromatic nitrogens is 2. The molecule has 0 unspecified atom stereocenters. The maximum atomic E-state index is 7.66. The minimum atomic E-state index is 0.0324. The van der Waals surface area contributed by atoms with Gasteiger partial charge in [-0.15, -0.1) is 0 Å². The maximum Gasteiger partial charge on any atom is 0.127 e. The lowest BCUT2D eigenvalue weighted by Crippen LogP contribution is -2.08. The maximum absolute atomic E-state index is 7.66. The van der Waals surface area contributed by atoms with Crippen LogP contribution in [0.5, 0.6) is 0 Å². The second kappa shape index (κ2) is 13.0. The van der Waals surface area contributed by atoms with E-state index in [1.165, 1.54) is 11.1 Å². The molecule has 0 bridgehead atoms. The molecule has 6 nitrogen and oxygen atoms in total. The highest BCUT2D eigenvalue weighted by molar-refractivity contribution is 6.31. The second-order valence-electron chi connectivity index (χ2n) is 5.82. The van der Waals surface area contributed by atoms with Gasteiger partial charge in [0, 0.05) is 6.07 Å². The van der Waals surface area contributed by atoms with Crippen molar-refractivity contribution in [2.24, 2.45) is 5.84 Å². The van der Waals surface area contributed by atoms with E-state index in [2.05, 4.69) is 43.1 Å². The van der Waals surface area contributed by atoms with Gasteiger partial charge in [0.25, 0.3) is 0 Å². The highest BCUT2D eigenvalue weighted by Crippen LogP contribution is 2.17. The van der Waals surface area contributed by atoms with Crippen molar-refractivity contribution in [1.29, 1.82) is 5.26 Å². The van der Waals surface area contributed by atoms with Gasteiger partial charge in [0.05, 0.1) is 17.6 Å². The van der Waals surface area contributed by atoms with E-state index in [4.69, 9.17) is 28.4 Å². The third-order valence-electron chi connectivity index (χ3n) is 3.95. The number of hydrogen-bond donors (Lipinski definition) is 3. The Hall–Kier alpha value is -3.27. The molecule has 0 aliphatic rings. The summed E-state index contributed by atoms with van der Waals surface area (Å²) in [5.74, 6) is 5.95. The summed E-state index contributed by atoms with van der Waals surface area (Å²) in [6, 6.07) is 19.6. The minimum Gasteiger partial charge on any atom is -0.384 e. The zero-order valence-electron chi connectivity index (χ0n) is 16.8. The smallest absolute Gasteiger partial charge is 0.127 e. The Balaban J connectivity index is 0.000000245. The summed E-state index contributed by atoms with van der Waals surface area (Å²) in [6.45, 7) is 7.31. The molecule has 152 valence electrons. The summed E-state index contributed by atoms with van der Waals surface area (Å²) in [6.07, 6.45) is 3.71. The summed E-state index contributed by atoms with van der Waals surface area (Å²) in [7, 11) is 0. The van der Waals surface area contributed by atoms with E-state index in [1.54, 1.807) is 23.0 Å². The number of halogens is 1. The lowest BCUT2D eigenvalue weighted by Gasteiger charge is -2.08. The number of nitrogens with zero attached hydrogens (tertiary/aromatic N) is 3. The summed E-state index contributed by atoms with van der Waals surface area (Å²) >= 11 is 4.91. The standard InChI is InChI=1S/C11H13N3.C8H12N2.C3H2ClN/c1-2-9-5-3-4-6-10(9)14-11(12)7-8-13-14;1-2-7-5-3-4-6-8(7)10-9;1-3(4)2-5/h3-8H,2,12H2,1H3;3-6,10H,2,9H2,1H3;1H2. The highest BCUT2D eigenvalue weighted by Gasteiger charge is 2.04. The molecule has 0 aliphatic heterocycles. The molecule has 2 aromatic carbocycles. The normalized spacial score (nSPS) is 9.21. The molecule has 5 N–H and O–H groups in total. The molecular formula is C22H27ClN6. The van der Waals surface area contributed by atoms with Crippen molar-refractivity contribution in [3.05, 3.63) is 83.5 Å². The number of nitrogens with one attached hydrogen (secondary N) is 1. The first-order valence-corrected chi connectivity index (χ1v) is 9.52. The van der Waals surface area contributed by atoms with Crippen molar-refractivity contribution < 1.29 is 0 Å². The van der Waals surface area contributed by atoms with E-state index in [0.29, 0.717) is 5.82 Å². The van der Waals surface area contributed by atoms with Crippen LogP contribution in [0.15, 0.2) is 72.4 Å². The average Bonchev–Trinajstić information content (AvgIpc) is 3.20. The Morgan fingerprint density at radius 1 is 1.10 bits per heavy atom. The Morgan fingerprint density at radius 3 is 2.10 bits per heavy atom. The largest absolute Gasteiger partial charge is 0.384 e. The molecule has 0 amide bonds. The molecule has 0 saturated heterocycles. The highest BCUT2D eigenvalue weighted by atomic mass is 35.5. The number of allylic oxidation sites excluding steroid dienone is 1. The van der Waals surface area contributed by atoms with Crippen molar-refractivity contribution in [3.63, 3.8) is 0 Å². The Morgan fingerprint density at radius 2 is 1.66 bits per heavy atom. The fraction of sp³-hybridized carbons (Fsp3) is 0.182. The van der Waals surface area contributed by atoms with Crippen molar-refractivity contribution in [1.82, 2.24) is 9.78 Å². The zero-order valence-corrected chi connectivity index (χ0v) is 17.5. The number of nitrogens with two attached hydrogens (primary N) is 2. The average molecular weight is 411 g/mol. The van der Waals surface area contributed by atoms with Crippen LogP contribution in [0, 0.1) is 11.3 Å². The van der Waals surface area contributed by atoms with Gasteiger partial charge in [0.15, 0.2) is 0 Å². The number of rotatable bonds is 4. The zero-order chi connectivity index (χ0) is 21.6. The summed E-state index contributed by atoms with van der Waals surface area (Å²) in [5, 5.41) is 11.9. The first-order chi connectivity index (χ1) is 14.0. The van der Waals surface area contributed by atoms with Crippen LogP contribution in [0.1, 0.15) is 25.0 Å². The van der Waals surface area contributed by atoms with Gasteiger partial charge in [0.2, 0.25) is 0 Å². The summed E-state index contributed by atoms with van der Waals surface area (Å²) < 4.78 is 1.76. The predicted octanol–water partition coefficient (Wildman–Crippen LogP) is 4.81. The van der Waals surface area contributed by atoms with Gasteiger partial charge >= 0.3 is 0 Å². The molecule has 7 heteroatoms. The summed E-state index contributed by atoms with van der Waals surface area (Å²) in [4.78, 5) is 0. The topological polar surface area (TPSA) is 106 Å². The van der Waals surface area contributed by atoms with Gasteiger partial charge in [-0.05, 0) is 36.1 Å². The number of aryl methyl sites for hydroxylation is 2. The fourth-order valence-corrected chi connectivity index (χ4v) is 2.50. The van der Waals surface area contributed by atoms with E-state index in [9.17, 15) is 0 Å². The molecule has 0 saturated carbocycles. The summed E-state index contributed by atoms with van der Waals surface area (Å²) in [5.41, 5.74) is 13.0. The Labute approximate surface area is 177 Å². The molecule has 0 radical (unpaired) electrons. The van der Waals surface area contributed by atoms with E-state index in [0.717, 1.165) is 24.2 Å². The number of nitriles is 1. The lowest BCUT2D eigenvalue weighted by molar-refractivity contribution is 0.873. The molecule has 3 aromatic rings. The molecule has 1 heterocycles. The number of benzene rings is 2.